The summed E-state index contributed by atoms with van der Waals surface area (Å²) in [4.78, 5) is 12.9. The van der Waals surface area contributed by atoms with Gasteiger partial charge in [0.2, 0.25) is 0 Å². The fraction of sp³-hybridized carbons (Fsp3) is 0.600. The second-order valence-corrected chi connectivity index (χ2v) is 7.05. The highest BCUT2D eigenvalue weighted by Gasteiger charge is 2.20. The molecule has 0 fully saturated rings. The molecule has 114 valence electrons. The van der Waals surface area contributed by atoms with Crippen molar-refractivity contribution in [1.82, 2.24) is 19.9 Å². The Kier molecular flexibility index (Phi) is 4.26. The first kappa shape index (κ1) is 14.5. The van der Waals surface area contributed by atoms with Crippen molar-refractivity contribution in [1.29, 1.82) is 0 Å². The minimum atomic E-state index is 0.679. The number of aryl methyl sites for hydroxylation is 1. The second-order valence-electron chi connectivity index (χ2n) is 5.99. The molecule has 1 aliphatic heterocycles. The topological polar surface area (TPSA) is 46.0 Å². The van der Waals surface area contributed by atoms with E-state index in [9.17, 15) is 0 Å². The Morgan fingerprint density at radius 1 is 1.38 bits per heavy atom. The van der Waals surface area contributed by atoms with Gasteiger partial charge in [0.1, 0.15) is 5.82 Å². The zero-order valence-electron chi connectivity index (χ0n) is 13.0. The number of aromatic nitrogens is 3. The van der Waals surface area contributed by atoms with Crippen molar-refractivity contribution in [2.75, 3.05) is 18.0 Å². The number of nitrogens with zero attached hydrogens (tertiary/aromatic N) is 4. The Morgan fingerprint density at radius 3 is 3.05 bits per heavy atom. The summed E-state index contributed by atoms with van der Waals surface area (Å²) in [6, 6.07) is 0. The molecule has 0 saturated carbocycles. The van der Waals surface area contributed by atoms with E-state index in [0.29, 0.717) is 5.92 Å². The van der Waals surface area contributed by atoms with Gasteiger partial charge in [-0.3, -0.25) is 0 Å². The number of thiazole rings is 1. The molecule has 0 bridgehead atoms. The third kappa shape index (κ3) is 3.27. The molecule has 1 N–H and O–H groups in total. The van der Waals surface area contributed by atoms with E-state index in [2.05, 4.69) is 46.7 Å². The monoisotopic (exact) mass is 305 g/mol. The largest absolute Gasteiger partial charge is 0.339 e. The molecule has 0 aromatic carbocycles. The molecule has 0 aliphatic carbocycles. The summed E-state index contributed by atoms with van der Waals surface area (Å²) in [6.45, 7) is 11.4. The highest BCUT2D eigenvalue weighted by molar-refractivity contribution is 7.15. The van der Waals surface area contributed by atoms with Crippen LogP contribution in [0.5, 0.6) is 0 Å². The van der Waals surface area contributed by atoms with Gasteiger partial charge in [-0.05, 0) is 19.4 Å². The molecule has 2 aromatic heterocycles. The lowest BCUT2D eigenvalue weighted by molar-refractivity contribution is 0.553. The number of imidazole rings is 1. The molecule has 3 rings (SSSR count). The molecule has 0 spiro atoms. The van der Waals surface area contributed by atoms with Crippen LogP contribution in [0.3, 0.4) is 0 Å². The second kappa shape index (κ2) is 6.15. The molecule has 0 saturated heterocycles. The molecule has 6 heteroatoms. The molecule has 0 amide bonds. The van der Waals surface area contributed by atoms with E-state index in [4.69, 9.17) is 4.98 Å². The summed E-state index contributed by atoms with van der Waals surface area (Å²) < 4.78 is 2.22. The van der Waals surface area contributed by atoms with Gasteiger partial charge in [-0.15, -0.1) is 11.3 Å². The fourth-order valence-electron chi connectivity index (χ4n) is 2.52. The Hall–Kier alpha value is -1.40. The quantitative estimate of drug-likeness (QED) is 0.921. The Labute approximate surface area is 130 Å². The van der Waals surface area contributed by atoms with E-state index in [1.807, 2.05) is 17.5 Å². The van der Waals surface area contributed by atoms with Crippen molar-refractivity contribution in [3.63, 3.8) is 0 Å². The summed E-state index contributed by atoms with van der Waals surface area (Å²) in [5, 5.41) is 4.63. The average molecular weight is 305 g/mol. The first-order valence-corrected chi connectivity index (χ1v) is 8.37. The fourth-order valence-corrected chi connectivity index (χ4v) is 3.58. The number of hydrogen-bond acceptors (Lipinski definition) is 5. The zero-order valence-corrected chi connectivity index (χ0v) is 13.8. The van der Waals surface area contributed by atoms with Crippen molar-refractivity contribution in [2.45, 2.75) is 40.4 Å². The lowest BCUT2D eigenvalue weighted by Crippen LogP contribution is -2.33. The normalized spacial score (nSPS) is 14.8. The van der Waals surface area contributed by atoms with E-state index in [-0.39, 0.29) is 0 Å². The molecule has 0 unspecified atom stereocenters. The third-order valence-corrected chi connectivity index (χ3v) is 4.95. The van der Waals surface area contributed by atoms with E-state index < -0.39 is 0 Å². The Balaban J connectivity index is 1.67. The van der Waals surface area contributed by atoms with Crippen LogP contribution in [0.15, 0.2) is 12.4 Å². The molecule has 21 heavy (non-hydrogen) atoms. The smallest absolute Gasteiger partial charge is 0.186 e. The summed E-state index contributed by atoms with van der Waals surface area (Å²) in [5.41, 5.74) is 1.15. The van der Waals surface area contributed by atoms with Gasteiger partial charge < -0.3 is 14.8 Å². The maximum atomic E-state index is 4.76. The minimum Gasteiger partial charge on any atom is -0.339 e. The summed E-state index contributed by atoms with van der Waals surface area (Å²) >= 11 is 1.81. The number of hydrogen-bond donors (Lipinski definition) is 1. The van der Waals surface area contributed by atoms with E-state index in [0.717, 1.165) is 49.4 Å². The maximum Gasteiger partial charge on any atom is 0.186 e. The van der Waals surface area contributed by atoms with E-state index in [1.54, 1.807) is 0 Å². The van der Waals surface area contributed by atoms with Crippen molar-refractivity contribution in [3.05, 3.63) is 28.8 Å². The standard InChI is InChI=1S/C15H23N5S/c1-11(2)8-16-9-13-12(3)18-15(21-13)20-7-6-19-5-4-17-14(19)10-20/h4-5,11,16H,6-10H2,1-3H3. The van der Waals surface area contributed by atoms with Crippen LogP contribution >= 0.6 is 11.3 Å². The number of nitrogens with one attached hydrogen (secondary N) is 1. The van der Waals surface area contributed by atoms with Crippen molar-refractivity contribution in [3.8, 4) is 0 Å². The van der Waals surface area contributed by atoms with Crippen LogP contribution < -0.4 is 10.2 Å². The molecule has 1 aliphatic rings. The molecule has 2 aromatic rings. The van der Waals surface area contributed by atoms with Gasteiger partial charge in [0.05, 0.1) is 12.2 Å². The highest BCUT2D eigenvalue weighted by Crippen LogP contribution is 2.28. The van der Waals surface area contributed by atoms with Gasteiger partial charge >= 0.3 is 0 Å². The van der Waals surface area contributed by atoms with Crippen LogP contribution in [0.1, 0.15) is 30.2 Å². The lowest BCUT2D eigenvalue weighted by Gasteiger charge is -2.27. The maximum absolute atomic E-state index is 4.76. The molecule has 0 radical (unpaired) electrons. The van der Waals surface area contributed by atoms with Gasteiger partial charge in [0.25, 0.3) is 0 Å². The molecular weight excluding hydrogens is 282 g/mol. The van der Waals surface area contributed by atoms with Crippen LogP contribution in [-0.4, -0.2) is 27.6 Å². The summed E-state index contributed by atoms with van der Waals surface area (Å²) in [5.74, 6) is 1.81. The van der Waals surface area contributed by atoms with Crippen LogP contribution in [0.2, 0.25) is 0 Å². The third-order valence-electron chi connectivity index (χ3n) is 3.73. The Bertz CT molecular complexity index is 601. The molecule has 0 atom stereocenters. The SMILES string of the molecule is Cc1nc(N2CCn3ccnc3C2)sc1CNCC(C)C. The Morgan fingerprint density at radius 2 is 2.24 bits per heavy atom. The van der Waals surface area contributed by atoms with Crippen molar-refractivity contribution in [2.24, 2.45) is 5.92 Å². The van der Waals surface area contributed by atoms with Gasteiger partial charge in [-0.1, -0.05) is 13.8 Å². The van der Waals surface area contributed by atoms with Crippen molar-refractivity contribution < 1.29 is 0 Å². The van der Waals surface area contributed by atoms with Gasteiger partial charge in [0, 0.05) is 36.9 Å². The lowest BCUT2D eigenvalue weighted by atomic mass is 10.2. The molecule has 5 nitrogen and oxygen atoms in total. The zero-order chi connectivity index (χ0) is 14.8. The first-order chi connectivity index (χ1) is 10.1. The summed E-state index contributed by atoms with van der Waals surface area (Å²) in [6.07, 6.45) is 3.94. The number of anilines is 1. The van der Waals surface area contributed by atoms with E-state index in [1.165, 1.54) is 4.88 Å². The van der Waals surface area contributed by atoms with Crippen LogP contribution in [-0.2, 0) is 19.6 Å². The predicted molar refractivity (Wildman–Crippen MR) is 86.7 cm³/mol. The summed E-state index contributed by atoms with van der Waals surface area (Å²) in [7, 11) is 0. The highest BCUT2D eigenvalue weighted by atomic mass is 32.1. The molecular formula is C15H23N5S. The van der Waals surface area contributed by atoms with Gasteiger partial charge in [-0.2, -0.15) is 0 Å². The van der Waals surface area contributed by atoms with Gasteiger partial charge in [0.15, 0.2) is 5.13 Å². The van der Waals surface area contributed by atoms with E-state index >= 15 is 0 Å². The predicted octanol–water partition coefficient (Wildman–Crippen LogP) is 2.41. The first-order valence-electron chi connectivity index (χ1n) is 7.55. The minimum absolute atomic E-state index is 0.679. The van der Waals surface area contributed by atoms with Crippen LogP contribution in [0.25, 0.3) is 0 Å². The van der Waals surface area contributed by atoms with Gasteiger partial charge in [-0.25, -0.2) is 9.97 Å². The van der Waals surface area contributed by atoms with Crippen LogP contribution in [0, 0.1) is 12.8 Å². The number of fused-ring (bicyclic) bond motifs is 1. The molecule has 3 heterocycles. The average Bonchev–Trinajstić information content (AvgIpc) is 3.04. The van der Waals surface area contributed by atoms with Crippen LogP contribution in [0.4, 0.5) is 5.13 Å². The van der Waals surface area contributed by atoms with Crippen molar-refractivity contribution >= 4 is 16.5 Å². The number of rotatable bonds is 5.